The summed E-state index contributed by atoms with van der Waals surface area (Å²) >= 11 is 11.7. The van der Waals surface area contributed by atoms with E-state index in [1.54, 1.807) is 25.2 Å². The van der Waals surface area contributed by atoms with Crippen LogP contribution in [0.15, 0.2) is 18.2 Å². The molecule has 0 saturated carbocycles. The molecule has 0 aromatic heterocycles. The second-order valence-corrected chi connectivity index (χ2v) is 6.83. The maximum absolute atomic E-state index is 11.8. The number of hydrogen-bond acceptors (Lipinski definition) is 2. The lowest BCUT2D eigenvalue weighted by atomic mass is 10.2. The van der Waals surface area contributed by atoms with E-state index in [-0.39, 0.29) is 5.75 Å². The molecule has 1 aromatic carbocycles. The van der Waals surface area contributed by atoms with Gasteiger partial charge < -0.3 is 0 Å². The molecule has 0 atom stereocenters. The standard InChI is InChI=1S/C11H15Cl2NO2S/c1-3-6-17(15,16)14(2)8-9-4-5-10(12)11(13)7-9/h4-5,7H,3,6,8H2,1-2H3. The molecular formula is C11H15Cl2NO2S. The zero-order chi connectivity index (χ0) is 13.1. The van der Waals surface area contributed by atoms with Crippen LogP contribution >= 0.6 is 23.2 Å². The normalized spacial score (nSPS) is 12.1. The van der Waals surface area contributed by atoms with Crippen molar-refractivity contribution in [1.82, 2.24) is 4.31 Å². The van der Waals surface area contributed by atoms with Gasteiger partial charge in [0.1, 0.15) is 0 Å². The zero-order valence-electron chi connectivity index (χ0n) is 9.78. The maximum atomic E-state index is 11.8. The molecule has 0 radical (unpaired) electrons. The molecule has 0 heterocycles. The number of nitrogens with zero attached hydrogens (tertiary/aromatic N) is 1. The quantitative estimate of drug-likeness (QED) is 0.837. The summed E-state index contributed by atoms with van der Waals surface area (Å²) in [6.45, 7) is 2.14. The van der Waals surface area contributed by atoms with Crippen molar-refractivity contribution in [1.29, 1.82) is 0 Å². The first-order valence-electron chi connectivity index (χ1n) is 5.24. The molecule has 0 unspecified atom stereocenters. The molecule has 96 valence electrons. The molecule has 0 saturated heterocycles. The fourth-order valence-electron chi connectivity index (χ4n) is 1.41. The lowest BCUT2D eigenvalue weighted by molar-refractivity contribution is 0.466. The van der Waals surface area contributed by atoms with Gasteiger partial charge in [-0.1, -0.05) is 36.2 Å². The lowest BCUT2D eigenvalue weighted by Gasteiger charge is -2.16. The van der Waals surface area contributed by atoms with Gasteiger partial charge in [0, 0.05) is 13.6 Å². The Bertz CT molecular complexity index is 488. The summed E-state index contributed by atoms with van der Waals surface area (Å²) in [4.78, 5) is 0. The molecule has 0 aliphatic heterocycles. The van der Waals surface area contributed by atoms with Crippen LogP contribution in [0.2, 0.25) is 10.0 Å². The molecule has 3 nitrogen and oxygen atoms in total. The van der Waals surface area contributed by atoms with Gasteiger partial charge in [0.15, 0.2) is 0 Å². The Morgan fingerprint density at radius 1 is 1.24 bits per heavy atom. The topological polar surface area (TPSA) is 37.4 Å². The maximum Gasteiger partial charge on any atom is 0.214 e. The van der Waals surface area contributed by atoms with Crippen molar-refractivity contribution in [2.24, 2.45) is 0 Å². The number of hydrogen-bond donors (Lipinski definition) is 0. The summed E-state index contributed by atoms with van der Waals surface area (Å²) in [5.74, 6) is 0.158. The van der Waals surface area contributed by atoms with E-state index < -0.39 is 10.0 Å². The molecule has 0 aliphatic rings. The van der Waals surface area contributed by atoms with Crippen molar-refractivity contribution < 1.29 is 8.42 Å². The Labute approximate surface area is 112 Å². The first-order valence-corrected chi connectivity index (χ1v) is 7.61. The summed E-state index contributed by atoms with van der Waals surface area (Å²) in [6.07, 6.45) is 0.605. The van der Waals surface area contributed by atoms with Gasteiger partial charge in [0.05, 0.1) is 15.8 Å². The monoisotopic (exact) mass is 295 g/mol. The molecule has 1 rings (SSSR count). The van der Waals surface area contributed by atoms with Crippen molar-refractivity contribution in [3.63, 3.8) is 0 Å². The molecule has 0 aliphatic carbocycles. The van der Waals surface area contributed by atoms with Gasteiger partial charge in [0.2, 0.25) is 10.0 Å². The van der Waals surface area contributed by atoms with Crippen molar-refractivity contribution in [3.05, 3.63) is 33.8 Å². The molecule has 0 amide bonds. The third-order valence-electron chi connectivity index (χ3n) is 2.33. The Morgan fingerprint density at radius 3 is 2.41 bits per heavy atom. The van der Waals surface area contributed by atoms with Gasteiger partial charge >= 0.3 is 0 Å². The fraction of sp³-hybridized carbons (Fsp3) is 0.455. The average Bonchev–Trinajstić information content (AvgIpc) is 2.23. The van der Waals surface area contributed by atoms with Crippen LogP contribution in [0.3, 0.4) is 0 Å². The SMILES string of the molecule is CCCS(=O)(=O)N(C)Cc1ccc(Cl)c(Cl)c1. The van der Waals surface area contributed by atoms with Gasteiger partial charge in [-0.25, -0.2) is 12.7 Å². The van der Waals surface area contributed by atoms with Gasteiger partial charge in [-0.15, -0.1) is 0 Å². The summed E-state index contributed by atoms with van der Waals surface area (Å²) < 4.78 is 24.8. The zero-order valence-corrected chi connectivity index (χ0v) is 12.1. The van der Waals surface area contributed by atoms with Crippen LogP contribution in [-0.4, -0.2) is 25.5 Å². The van der Waals surface area contributed by atoms with E-state index in [9.17, 15) is 8.42 Å². The molecule has 6 heteroatoms. The highest BCUT2D eigenvalue weighted by Crippen LogP contribution is 2.23. The molecule has 17 heavy (non-hydrogen) atoms. The molecule has 1 aromatic rings. The van der Waals surface area contributed by atoms with Gasteiger partial charge in [-0.05, 0) is 24.1 Å². The first kappa shape index (κ1) is 14.8. The van der Waals surface area contributed by atoms with E-state index in [1.165, 1.54) is 4.31 Å². The van der Waals surface area contributed by atoms with Crippen molar-refractivity contribution in [3.8, 4) is 0 Å². The molecule has 0 bridgehead atoms. The Balaban J connectivity index is 2.81. The third-order valence-corrected chi connectivity index (χ3v) is 5.07. The van der Waals surface area contributed by atoms with Crippen molar-refractivity contribution in [2.75, 3.05) is 12.8 Å². The van der Waals surface area contributed by atoms with Crippen LogP contribution in [0.5, 0.6) is 0 Å². The second-order valence-electron chi connectivity index (χ2n) is 3.82. The minimum atomic E-state index is -3.17. The van der Waals surface area contributed by atoms with Crippen molar-refractivity contribution >= 4 is 33.2 Å². The number of rotatable bonds is 5. The molecule has 0 N–H and O–H groups in total. The summed E-state index contributed by atoms with van der Waals surface area (Å²) in [5, 5.41) is 0.903. The van der Waals surface area contributed by atoms with Crippen LogP contribution in [0, 0.1) is 0 Å². The number of halogens is 2. The van der Waals surface area contributed by atoms with Gasteiger partial charge in [-0.2, -0.15) is 0 Å². The Morgan fingerprint density at radius 2 is 1.88 bits per heavy atom. The first-order chi connectivity index (χ1) is 7.86. The minimum absolute atomic E-state index is 0.158. The van der Waals surface area contributed by atoms with E-state index in [0.29, 0.717) is 23.0 Å². The van der Waals surface area contributed by atoms with Crippen LogP contribution in [-0.2, 0) is 16.6 Å². The van der Waals surface area contributed by atoms with E-state index in [0.717, 1.165) is 5.56 Å². The highest BCUT2D eigenvalue weighted by molar-refractivity contribution is 7.89. The van der Waals surface area contributed by atoms with E-state index >= 15 is 0 Å². The smallest absolute Gasteiger partial charge is 0.212 e. The molecule has 0 spiro atoms. The minimum Gasteiger partial charge on any atom is -0.212 e. The largest absolute Gasteiger partial charge is 0.214 e. The van der Waals surface area contributed by atoms with Gasteiger partial charge in [-0.3, -0.25) is 0 Å². The predicted molar refractivity (Wildman–Crippen MR) is 72.0 cm³/mol. The number of benzene rings is 1. The van der Waals surface area contributed by atoms with Crippen molar-refractivity contribution in [2.45, 2.75) is 19.9 Å². The van der Waals surface area contributed by atoms with E-state index in [2.05, 4.69) is 0 Å². The predicted octanol–water partition coefficient (Wildman–Crippen LogP) is 3.17. The average molecular weight is 296 g/mol. The third kappa shape index (κ3) is 4.14. The van der Waals surface area contributed by atoms with Crippen LogP contribution in [0.25, 0.3) is 0 Å². The molecular weight excluding hydrogens is 281 g/mol. The van der Waals surface area contributed by atoms with Crippen LogP contribution in [0.1, 0.15) is 18.9 Å². The van der Waals surface area contributed by atoms with E-state index in [4.69, 9.17) is 23.2 Å². The van der Waals surface area contributed by atoms with Gasteiger partial charge in [0.25, 0.3) is 0 Å². The Kier molecular flexibility index (Phi) is 5.25. The summed E-state index contributed by atoms with van der Waals surface area (Å²) in [5.41, 5.74) is 0.821. The highest BCUT2D eigenvalue weighted by atomic mass is 35.5. The fourth-order valence-corrected chi connectivity index (χ4v) is 2.90. The summed E-state index contributed by atoms with van der Waals surface area (Å²) in [6, 6.07) is 5.12. The van der Waals surface area contributed by atoms with Crippen LogP contribution < -0.4 is 0 Å². The summed E-state index contributed by atoms with van der Waals surface area (Å²) in [7, 11) is -1.61. The number of sulfonamides is 1. The second kappa shape index (κ2) is 6.05. The highest BCUT2D eigenvalue weighted by Gasteiger charge is 2.16. The Hall–Kier alpha value is -0.290. The van der Waals surface area contributed by atoms with E-state index in [1.807, 2.05) is 6.92 Å². The molecule has 0 fully saturated rings. The lowest BCUT2D eigenvalue weighted by Crippen LogP contribution is -2.28. The van der Waals surface area contributed by atoms with Crippen LogP contribution in [0.4, 0.5) is 0 Å².